The average Bonchev–Trinajstić information content (AvgIpc) is 2.38. The molecule has 0 fully saturated rings. The first-order valence-electron chi connectivity index (χ1n) is 6.73. The number of ether oxygens (including phenoxy) is 1. The van der Waals surface area contributed by atoms with E-state index < -0.39 is 0 Å². The number of rotatable bonds is 9. The van der Waals surface area contributed by atoms with Gasteiger partial charge in [0.2, 0.25) is 0 Å². The molecule has 1 rings (SSSR count). The van der Waals surface area contributed by atoms with Crippen molar-refractivity contribution in [3.05, 3.63) is 11.9 Å². The maximum absolute atomic E-state index is 5.38. The van der Waals surface area contributed by atoms with Crippen LogP contribution in [0.2, 0.25) is 0 Å². The second-order valence-corrected chi connectivity index (χ2v) is 4.95. The molecule has 0 amide bonds. The Balaban J connectivity index is 2.45. The van der Waals surface area contributed by atoms with Gasteiger partial charge in [-0.15, -0.1) is 0 Å². The zero-order valence-corrected chi connectivity index (χ0v) is 12.1. The number of methoxy groups -OCH3 is 1. The molecule has 0 spiro atoms. The monoisotopic (exact) mass is 267 g/mol. The van der Waals surface area contributed by atoms with Crippen LogP contribution in [0.1, 0.15) is 38.9 Å². The summed E-state index contributed by atoms with van der Waals surface area (Å²) in [5, 5.41) is 3.29. The fraction of sp³-hybridized carbons (Fsp3) is 0.692. The van der Waals surface area contributed by atoms with Gasteiger partial charge in [0.1, 0.15) is 18.2 Å². The molecule has 4 N–H and O–H groups in total. The molecule has 0 saturated heterocycles. The van der Waals surface area contributed by atoms with Crippen LogP contribution >= 0.6 is 0 Å². The van der Waals surface area contributed by atoms with E-state index in [0.717, 1.165) is 24.7 Å². The summed E-state index contributed by atoms with van der Waals surface area (Å²) in [7, 11) is 1.62. The highest BCUT2D eigenvalue weighted by molar-refractivity contribution is 5.46. The number of nitrogen functional groups attached to an aromatic ring is 1. The lowest BCUT2D eigenvalue weighted by atomic mass is 10.1. The lowest BCUT2D eigenvalue weighted by Gasteiger charge is -2.10. The van der Waals surface area contributed by atoms with Gasteiger partial charge in [0.15, 0.2) is 5.82 Å². The molecule has 108 valence electrons. The fourth-order valence-electron chi connectivity index (χ4n) is 1.75. The largest absolute Gasteiger partial charge is 0.377 e. The van der Waals surface area contributed by atoms with E-state index in [-0.39, 0.29) is 0 Å². The van der Waals surface area contributed by atoms with Gasteiger partial charge in [-0.1, -0.05) is 26.7 Å². The van der Waals surface area contributed by atoms with Gasteiger partial charge in [0.25, 0.3) is 0 Å². The van der Waals surface area contributed by atoms with Gasteiger partial charge in [-0.25, -0.2) is 15.8 Å². The van der Waals surface area contributed by atoms with Crippen molar-refractivity contribution >= 4 is 11.6 Å². The van der Waals surface area contributed by atoms with E-state index in [1.54, 1.807) is 13.2 Å². The summed E-state index contributed by atoms with van der Waals surface area (Å²) in [6.07, 6.45) is 3.62. The summed E-state index contributed by atoms with van der Waals surface area (Å²) in [5.74, 6) is 8.13. The molecule has 0 aromatic carbocycles. The number of aromatic nitrogens is 2. The third-order valence-corrected chi connectivity index (χ3v) is 2.71. The van der Waals surface area contributed by atoms with Gasteiger partial charge in [-0.2, -0.15) is 0 Å². The number of nitrogens with one attached hydrogen (secondary N) is 2. The normalized spacial score (nSPS) is 10.8. The van der Waals surface area contributed by atoms with E-state index in [1.165, 1.54) is 12.8 Å². The molecule has 1 heterocycles. The summed E-state index contributed by atoms with van der Waals surface area (Å²) < 4.78 is 5.03. The quantitative estimate of drug-likeness (QED) is 0.361. The first kappa shape index (κ1) is 15.7. The van der Waals surface area contributed by atoms with Crippen molar-refractivity contribution in [1.82, 2.24) is 9.97 Å². The van der Waals surface area contributed by atoms with Crippen LogP contribution in [0.15, 0.2) is 6.07 Å². The number of hydrazine groups is 1. The number of hydrogen-bond acceptors (Lipinski definition) is 6. The zero-order valence-electron chi connectivity index (χ0n) is 12.1. The van der Waals surface area contributed by atoms with E-state index in [2.05, 4.69) is 34.6 Å². The predicted octanol–water partition coefficient (Wildman–Crippen LogP) is 2.15. The number of unbranched alkanes of at least 4 members (excludes halogenated alkanes) is 1. The summed E-state index contributed by atoms with van der Waals surface area (Å²) in [6, 6.07) is 1.79. The van der Waals surface area contributed by atoms with Crippen LogP contribution in [0, 0.1) is 5.92 Å². The molecular weight excluding hydrogens is 242 g/mol. The number of nitrogens with two attached hydrogens (primary N) is 1. The van der Waals surface area contributed by atoms with Gasteiger partial charge in [-0.3, -0.25) is 0 Å². The molecule has 0 bridgehead atoms. The second kappa shape index (κ2) is 8.66. The summed E-state index contributed by atoms with van der Waals surface area (Å²) >= 11 is 0. The Morgan fingerprint density at radius 1 is 1.26 bits per heavy atom. The van der Waals surface area contributed by atoms with E-state index in [9.17, 15) is 0 Å². The van der Waals surface area contributed by atoms with Gasteiger partial charge in [0, 0.05) is 19.7 Å². The van der Waals surface area contributed by atoms with Gasteiger partial charge >= 0.3 is 0 Å². The molecular formula is C13H25N5O. The highest BCUT2D eigenvalue weighted by Crippen LogP contribution is 2.12. The number of hydrogen-bond donors (Lipinski definition) is 3. The molecule has 0 aliphatic heterocycles. The van der Waals surface area contributed by atoms with Gasteiger partial charge in [0.05, 0.1) is 0 Å². The van der Waals surface area contributed by atoms with Crippen LogP contribution in [-0.4, -0.2) is 23.6 Å². The van der Waals surface area contributed by atoms with Gasteiger partial charge in [-0.05, 0) is 12.3 Å². The van der Waals surface area contributed by atoms with Crippen LogP contribution < -0.4 is 16.6 Å². The summed E-state index contributed by atoms with van der Waals surface area (Å²) in [4.78, 5) is 8.56. The Hall–Kier alpha value is -1.40. The fourth-order valence-corrected chi connectivity index (χ4v) is 1.75. The molecule has 0 atom stereocenters. The Kier molecular flexibility index (Phi) is 7.14. The Bertz CT molecular complexity index is 370. The van der Waals surface area contributed by atoms with Crippen molar-refractivity contribution in [2.45, 2.75) is 39.7 Å². The zero-order chi connectivity index (χ0) is 14.1. The lowest BCUT2D eigenvalue weighted by Crippen LogP contribution is -2.13. The van der Waals surface area contributed by atoms with Crippen LogP contribution in [0.25, 0.3) is 0 Å². The summed E-state index contributed by atoms with van der Waals surface area (Å²) in [6.45, 7) is 5.76. The topological polar surface area (TPSA) is 85.1 Å². The van der Waals surface area contributed by atoms with Crippen molar-refractivity contribution in [3.63, 3.8) is 0 Å². The number of nitrogens with zero attached hydrogens (tertiary/aromatic N) is 2. The minimum Gasteiger partial charge on any atom is -0.377 e. The smallest absolute Gasteiger partial charge is 0.158 e. The predicted molar refractivity (Wildman–Crippen MR) is 77.7 cm³/mol. The van der Waals surface area contributed by atoms with E-state index in [1.807, 2.05) is 0 Å². The molecule has 0 aliphatic carbocycles. The number of anilines is 2. The van der Waals surface area contributed by atoms with Crippen molar-refractivity contribution in [1.29, 1.82) is 0 Å². The molecule has 1 aromatic rings. The molecule has 6 nitrogen and oxygen atoms in total. The highest BCUT2D eigenvalue weighted by atomic mass is 16.5. The minimum atomic E-state index is 0.373. The van der Waals surface area contributed by atoms with Crippen LogP contribution in [0.4, 0.5) is 11.6 Å². The Labute approximate surface area is 115 Å². The molecule has 0 aliphatic rings. The van der Waals surface area contributed by atoms with Crippen LogP contribution in [0.5, 0.6) is 0 Å². The van der Waals surface area contributed by atoms with Crippen LogP contribution in [-0.2, 0) is 11.3 Å². The highest BCUT2D eigenvalue weighted by Gasteiger charge is 2.03. The molecule has 6 heteroatoms. The van der Waals surface area contributed by atoms with E-state index in [4.69, 9.17) is 10.6 Å². The van der Waals surface area contributed by atoms with Gasteiger partial charge < -0.3 is 15.5 Å². The van der Waals surface area contributed by atoms with Crippen molar-refractivity contribution in [3.8, 4) is 0 Å². The molecule has 1 aromatic heterocycles. The Morgan fingerprint density at radius 2 is 2.00 bits per heavy atom. The van der Waals surface area contributed by atoms with Crippen molar-refractivity contribution < 1.29 is 4.74 Å². The van der Waals surface area contributed by atoms with Crippen molar-refractivity contribution in [2.75, 3.05) is 24.4 Å². The SMILES string of the molecule is COCc1nc(NN)cc(NCCCCC(C)C)n1. The van der Waals surface area contributed by atoms with E-state index >= 15 is 0 Å². The molecule has 0 unspecified atom stereocenters. The average molecular weight is 267 g/mol. The summed E-state index contributed by atoms with van der Waals surface area (Å²) in [5.41, 5.74) is 2.54. The second-order valence-electron chi connectivity index (χ2n) is 4.95. The molecule has 0 radical (unpaired) electrons. The maximum Gasteiger partial charge on any atom is 0.158 e. The lowest BCUT2D eigenvalue weighted by molar-refractivity contribution is 0.178. The minimum absolute atomic E-state index is 0.373. The Morgan fingerprint density at radius 3 is 2.63 bits per heavy atom. The van der Waals surface area contributed by atoms with Crippen molar-refractivity contribution in [2.24, 2.45) is 11.8 Å². The van der Waals surface area contributed by atoms with Crippen LogP contribution in [0.3, 0.4) is 0 Å². The molecule has 0 saturated carbocycles. The third kappa shape index (κ3) is 6.35. The third-order valence-electron chi connectivity index (χ3n) is 2.71. The first-order chi connectivity index (χ1) is 9.15. The molecule has 19 heavy (non-hydrogen) atoms. The standard InChI is InChI=1S/C13H25N5O/c1-10(2)6-4-5-7-15-11-8-12(18-14)17-13(16-11)9-19-3/h8,10H,4-7,9,14H2,1-3H3,(H2,15,16,17,18). The first-order valence-corrected chi connectivity index (χ1v) is 6.73. The van der Waals surface area contributed by atoms with E-state index in [0.29, 0.717) is 18.2 Å². The maximum atomic E-state index is 5.38.